The molecule has 0 bridgehead atoms. The molecule has 1 atom stereocenters. The van der Waals surface area contributed by atoms with Gasteiger partial charge in [-0.1, -0.05) is 0 Å². The Balaban J connectivity index is 2.34. The first-order valence-corrected chi connectivity index (χ1v) is 6.05. The van der Waals surface area contributed by atoms with E-state index in [9.17, 15) is 19.2 Å². The Labute approximate surface area is 115 Å². The van der Waals surface area contributed by atoms with Crippen LogP contribution in [-0.2, 0) is 14.4 Å². The maximum atomic E-state index is 11.5. The second kappa shape index (κ2) is 6.85. The summed E-state index contributed by atoms with van der Waals surface area (Å²) in [4.78, 5) is 47.3. The second-order valence-corrected chi connectivity index (χ2v) is 4.43. The van der Waals surface area contributed by atoms with Crippen LogP contribution in [0.25, 0.3) is 0 Å². The van der Waals surface area contributed by atoms with E-state index in [0.29, 0.717) is 0 Å². The molecule has 0 aromatic rings. The summed E-state index contributed by atoms with van der Waals surface area (Å²) in [5.41, 5.74) is 0. The van der Waals surface area contributed by atoms with Gasteiger partial charge in [-0.15, -0.1) is 0 Å². The summed E-state index contributed by atoms with van der Waals surface area (Å²) in [5.74, 6) is -2.21. The molecule has 0 saturated carbocycles. The summed E-state index contributed by atoms with van der Waals surface area (Å²) >= 11 is 0. The van der Waals surface area contributed by atoms with Crippen LogP contribution < -0.4 is 5.32 Å². The molecule has 9 nitrogen and oxygen atoms in total. The third-order valence-electron chi connectivity index (χ3n) is 2.83. The van der Waals surface area contributed by atoms with Crippen molar-refractivity contribution in [3.63, 3.8) is 0 Å². The Morgan fingerprint density at radius 3 is 2.50 bits per heavy atom. The van der Waals surface area contributed by atoms with E-state index in [-0.39, 0.29) is 31.8 Å². The van der Waals surface area contributed by atoms with Gasteiger partial charge >= 0.3 is 12.0 Å². The van der Waals surface area contributed by atoms with Gasteiger partial charge in [0, 0.05) is 20.0 Å². The highest BCUT2D eigenvalue weighted by Crippen LogP contribution is 2.09. The van der Waals surface area contributed by atoms with Crippen LogP contribution in [0.2, 0.25) is 0 Å². The maximum Gasteiger partial charge on any atom is 0.328 e. The number of imide groups is 1. The SMILES string of the molecule is CN1CC(=O)N(CCCC(=O)NC(CO)C(=O)O)C1=O. The van der Waals surface area contributed by atoms with E-state index < -0.39 is 30.6 Å². The van der Waals surface area contributed by atoms with Crippen molar-refractivity contribution in [1.82, 2.24) is 15.1 Å². The predicted octanol–water partition coefficient (Wildman–Crippen LogP) is -1.78. The molecule has 0 aromatic heterocycles. The lowest BCUT2D eigenvalue weighted by Crippen LogP contribution is -2.43. The van der Waals surface area contributed by atoms with E-state index >= 15 is 0 Å². The van der Waals surface area contributed by atoms with Crippen molar-refractivity contribution in [1.29, 1.82) is 0 Å². The third kappa shape index (κ3) is 3.92. The van der Waals surface area contributed by atoms with Gasteiger partial charge in [0.05, 0.1) is 6.61 Å². The summed E-state index contributed by atoms with van der Waals surface area (Å²) in [6.07, 6.45) is 0.194. The molecule has 9 heteroatoms. The zero-order valence-corrected chi connectivity index (χ0v) is 11.0. The number of rotatable bonds is 7. The van der Waals surface area contributed by atoms with Crippen LogP contribution in [-0.4, -0.2) is 76.6 Å². The molecule has 1 aliphatic rings. The molecule has 4 amide bonds. The number of urea groups is 1. The maximum absolute atomic E-state index is 11.5. The topological polar surface area (TPSA) is 127 Å². The molecule has 1 rings (SSSR count). The highest BCUT2D eigenvalue weighted by molar-refractivity contribution is 6.01. The molecule has 0 aromatic carbocycles. The van der Waals surface area contributed by atoms with Crippen molar-refractivity contribution < 1.29 is 29.4 Å². The number of aliphatic hydroxyl groups excluding tert-OH is 1. The Morgan fingerprint density at radius 2 is 2.05 bits per heavy atom. The van der Waals surface area contributed by atoms with Crippen molar-refractivity contribution in [2.75, 3.05) is 26.7 Å². The number of carbonyl (C=O) groups excluding carboxylic acids is 3. The number of amides is 4. The number of nitrogens with zero attached hydrogens (tertiary/aromatic N) is 2. The lowest BCUT2D eigenvalue weighted by atomic mass is 10.2. The molecule has 1 saturated heterocycles. The van der Waals surface area contributed by atoms with Gasteiger partial charge in [-0.05, 0) is 6.42 Å². The number of aliphatic hydroxyl groups is 1. The first kappa shape index (κ1) is 15.9. The van der Waals surface area contributed by atoms with E-state index in [1.54, 1.807) is 0 Å². The van der Waals surface area contributed by atoms with Crippen LogP contribution in [0.4, 0.5) is 4.79 Å². The molecule has 1 heterocycles. The number of aliphatic carboxylic acids is 1. The van der Waals surface area contributed by atoms with Gasteiger partial charge in [0.25, 0.3) is 0 Å². The normalized spacial score (nSPS) is 16.5. The molecule has 0 aliphatic carbocycles. The number of carbonyl (C=O) groups is 4. The molecule has 1 fully saturated rings. The van der Waals surface area contributed by atoms with Gasteiger partial charge in [0.1, 0.15) is 12.6 Å². The van der Waals surface area contributed by atoms with Crippen molar-refractivity contribution in [3.8, 4) is 0 Å². The molecule has 1 aliphatic heterocycles. The molecule has 1 unspecified atom stereocenters. The second-order valence-electron chi connectivity index (χ2n) is 4.43. The Hall–Kier alpha value is -2.16. The Kier molecular flexibility index (Phi) is 5.44. The highest BCUT2D eigenvalue weighted by Gasteiger charge is 2.32. The van der Waals surface area contributed by atoms with E-state index in [0.717, 1.165) is 4.90 Å². The van der Waals surface area contributed by atoms with Crippen molar-refractivity contribution >= 4 is 23.8 Å². The standard InChI is InChI=1S/C11H17N3O6/c1-13-5-9(17)14(11(13)20)4-2-3-8(16)12-7(6-15)10(18)19/h7,15H,2-6H2,1H3,(H,12,16)(H,18,19). The predicted molar refractivity (Wildman–Crippen MR) is 65.6 cm³/mol. The van der Waals surface area contributed by atoms with Crippen LogP contribution >= 0.6 is 0 Å². The number of hydrogen-bond acceptors (Lipinski definition) is 5. The number of nitrogens with one attached hydrogen (secondary N) is 1. The van der Waals surface area contributed by atoms with Gasteiger partial charge in [0.15, 0.2) is 0 Å². The zero-order valence-electron chi connectivity index (χ0n) is 11.0. The van der Waals surface area contributed by atoms with Crippen molar-refractivity contribution in [3.05, 3.63) is 0 Å². The van der Waals surface area contributed by atoms with E-state index in [2.05, 4.69) is 5.32 Å². The monoisotopic (exact) mass is 287 g/mol. The van der Waals surface area contributed by atoms with Gasteiger partial charge < -0.3 is 20.4 Å². The summed E-state index contributed by atoms with van der Waals surface area (Å²) in [6.45, 7) is -0.572. The molecule has 0 spiro atoms. The highest BCUT2D eigenvalue weighted by atomic mass is 16.4. The largest absolute Gasteiger partial charge is 0.480 e. The summed E-state index contributed by atoms with van der Waals surface area (Å²) in [6, 6.07) is -1.75. The van der Waals surface area contributed by atoms with E-state index in [1.165, 1.54) is 11.9 Å². The van der Waals surface area contributed by atoms with Crippen LogP contribution in [0.3, 0.4) is 0 Å². The van der Waals surface area contributed by atoms with Gasteiger partial charge in [-0.2, -0.15) is 0 Å². The van der Waals surface area contributed by atoms with Crippen LogP contribution in [0.1, 0.15) is 12.8 Å². The Morgan fingerprint density at radius 1 is 1.40 bits per heavy atom. The van der Waals surface area contributed by atoms with E-state index in [1.807, 2.05) is 0 Å². The molecular formula is C11H17N3O6. The molecule has 112 valence electrons. The molecule has 0 radical (unpaired) electrons. The number of carboxylic acid groups (broad SMARTS) is 1. The fraction of sp³-hybridized carbons (Fsp3) is 0.636. The minimum Gasteiger partial charge on any atom is -0.480 e. The summed E-state index contributed by atoms with van der Waals surface area (Å²) in [7, 11) is 1.51. The first-order chi connectivity index (χ1) is 9.36. The summed E-state index contributed by atoms with van der Waals surface area (Å²) in [5, 5.41) is 19.5. The average Bonchev–Trinajstić information content (AvgIpc) is 2.61. The average molecular weight is 287 g/mol. The summed E-state index contributed by atoms with van der Waals surface area (Å²) < 4.78 is 0. The molecule has 20 heavy (non-hydrogen) atoms. The van der Waals surface area contributed by atoms with Gasteiger partial charge in [-0.25, -0.2) is 9.59 Å². The Bertz CT molecular complexity index is 424. The minimum absolute atomic E-state index is 0.0244. The molecular weight excluding hydrogens is 270 g/mol. The van der Waals surface area contributed by atoms with Crippen molar-refractivity contribution in [2.45, 2.75) is 18.9 Å². The van der Waals surface area contributed by atoms with Crippen LogP contribution in [0, 0.1) is 0 Å². The number of likely N-dealkylation sites (N-methyl/N-ethyl adjacent to an activating group) is 1. The molecule has 3 N–H and O–H groups in total. The minimum atomic E-state index is -1.34. The third-order valence-corrected chi connectivity index (χ3v) is 2.83. The van der Waals surface area contributed by atoms with Crippen LogP contribution in [0.5, 0.6) is 0 Å². The van der Waals surface area contributed by atoms with Crippen LogP contribution in [0.15, 0.2) is 0 Å². The van der Waals surface area contributed by atoms with Gasteiger partial charge in [0.2, 0.25) is 11.8 Å². The lowest BCUT2D eigenvalue weighted by Gasteiger charge is -2.14. The fourth-order valence-corrected chi connectivity index (χ4v) is 1.74. The van der Waals surface area contributed by atoms with Crippen molar-refractivity contribution in [2.24, 2.45) is 0 Å². The van der Waals surface area contributed by atoms with Gasteiger partial charge in [-0.3, -0.25) is 14.5 Å². The lowest BCUT2D eigenvalue weighted by molar-refractivity contribution is -0.142. The first-order valence-electron chi connectivity index (χ1n) is 6.05. The smallest absolute Gasteiger partial charge is 0.328 e. The quantitative estimate of drug-likeness (QED) is 0.475. The zero-order chi connectivity index (χ0) is 15.3. The number of carboxylic acids is 1. The fourth-order valence-electron chi connectivity index (χ4n) is 1.74. The van der Waals surface area contributed by atoms with E-state index in [4.69, 9.17) is 10.2 Å². The number of hydrogen-bond donors (Lipinski definition) is 3.